The van der Waals surface area contributed by atoms with Crippen LogP contribution in [-0.4, -0.2) is 12.1 Å². The molecule has 90 valence electrons. The minimum atomic E-state index is 0.418. The first-order valence-corrected chi connectivity index (χ1v) is 6.47. The standard InChI is InChI=1S/C11H10Cl2N2OS/c1-16-11-7(2-6(12)3-8(11)13)9-5-17-10(4-14)15-9/h2-3,5H,4,14H2,1H3. The zero-order chi connectivity index (χ0) is 12.4. The molecule has 3 nitrogen and oxygen atoms in total. The van der Waals surface area contributed by atoms with E-state index in [0.717, 1.165) is 16.3 Å². The van der Waals surface area contributed by atoms with E-state index in [9.17, 15) is 0 Å². The first-order chi connectivity index (χ1) is 8.15. The van der Waals surface area contributed by atoms with Crippen molar-refractivity contribution in [2.75, 3.05) is 7.11 Å². The lowest BCUT2D eigenvalue weighted by Gasteiger charge is -2.09. The number of halogens is 2. The summed E-state index contributed by atoms with van der Waals surface area (Å²) in [6.45, 7) is 0.418. The molecule has 1 heterocycles. The molecule has 0 fully saturated rings. The van der Waals surface area contributed by atoms with Gasteiger partial charge in [0.25, 0.3) is 0 Å². The minimum Gasteiger partial charge on any atom is -0.494 e. The molecule has 6 heteroatoms. The highest BCUT2D eigenvalue weighted by Crippen LogP contribution is 2.38. The maximum Gasteiger partial charge on any atom is 0.146 e. The molecule has 2 aromatic rings. The number of benzene rings is 1. The number of rotatable bonds is 3. The van der Waals surface area contributed by atoms with Gasteiger partial charge in [-0.2, -0.15) is 0 Å². The Balaban J connectivity index is 2.57. The van der Waals surface area contributed by atoms with Crippen LogP contribution in [0.25, 0.3) is 11.3 Å². The minimum absolute atomic E-state index is 0.418. The molecule has 0 atom stereocenters. The number of hydrogen-bond donors (Lipinski definition) is 1. The Hall–Kier alpha value is -0.810. The molecule has 17 heavy (non-hydrogen) atoms. The summed E-state index contributed by atoms with van der Waals surface area (Å²) in [6, 6.07) is 3.42. The van der Waals surface area contributed by atoms with Crippen LogP contribution in [0, 0.1) is 0 Å². The number of thiazole rings is 1. The van der Waals surface area contributed by atoms with Crippen molar-refractivity contribution in [3.63, 3.8) is 0 Å². The van der Waals surface area contributed by atoms with Gasteiger partial charge in [-0.05, 0) is 12.1 Å². The van der Waals surface area contributed by atoms with Crippen molar-refractivity contribution in [2.45, 2.75) is 6.54 Å². The van der Waals surface area contributed by atoms with Gasteiger partial charge in [-0.1, -0.05) is 23.2 Å². The molecule has 0 saturated heterocycles. The smallest absolute Gasteiger partial charge is 0.146 e. The quantitative estimate of drug-likeness (QED) is 0.939. The lowest BCUT2D eigenvalue weighted by Crippen LogP contribution is -1.95. The Morgan fingerprint density at radius 1 is 1.41 bits per heavy atom. The highest BCUT2D eigenvalue weighted by atomic mass is 35.5. The maximum atomic E-state index is 6.07. The van der Waals surface area contributed by atoms with E-state index in [1.165, 1.54) is 11.3 Å². The largest absolute Gasteiger partial charge is 0.494 e. The highest BCUT2D eigenvalue weighted by Gasteiger charge is 2.14. The number of ether oxygens (including phenoxy) is 1. The summed E-state index contributed by atoms with van der Waals surface area (Å²) < 4.78 is 5.27. The highest BCUT2D eigenvalue weighted by molar-refractivity contribution is 7.09. The second-order valence-electron chi connectivity index (χ2n) is 3.30. The fourth-order valence-electron chi connectivity index (χ4n) is 1.49. The van der Waals surface area contributed by atoms with Gasteiger partial charge in [0.15, 0.2) is 0 Å². The predicted molar refractivity (Wildman–Crippen MR) is 72.0 cm³/mol. The van der Waals surface area contributed by atoms with Crippen LogP contribution in [0.5, 0.6) is 5.75 Å². The fraction of sp³-hybridized carbons (Fsp3) is 0.182. The second kappa shape index (κ2) is 5.23. The second-order valence-corrected chi connectivity index (χ2v) is 5.09. The van der Waals surface area contributed by atoms with E-state index in [0.29, 0.717) is 22.3 Å². The van der Waals surface area contributed by atoms with Crippen LogP contribution in [0.1, 0.15) is 5.01 Å². The van der Waals surface area contributed by atoms with Gasteiger partial charge in [0.05, 0.1) is 17.8 Å². The number of aromatic nitrogens is 1. The lowest BCUT2D eigenvalue weighted by atomic mass is 10.1. The topological polar surface area (TPSA) is 48.1 Å². The summed E-state index contributed by atoms with van der Waals surface area (Å²) in [5.41, 5.74) is 7.09. The SMILES string of the molecule is COc1c(Cl)cc(Cl)cc1-c1csc(CN)n1. The molecular weight excluding hydrogens is 279 g/mol. The van der Waals surface area contributed by atoms with Crippen LogP contribution in [-0.2, 0) is 6.54 Å². The molecule has 1 aromatic carbocycles. The molecule has 2 rings (SSSR count). The Labute approximate surface area is 113 Å². The molecule has 0 amide bonds. The van der Waals surface area contributed by atoms with Gasteiger partial charge in [-0.15, -0.1) is 11.3 Å². The van der Waals surface area contributed by atoms with Gasteiger partial charge in [-0.3, -0.25) is 0 Å². The number of nitrogens with zero attached hydrogens (tertiary/aromatic N) is 1. The summed E-state index contributed by atoms with van der Waals surface area (Å²) in [7, 11) is 1.56. The van der Waals surface area contributed by atoms with Crippen molar-refractivity contribution in [1.29, 1.82) is 0 Å². The zero-order valence-electron chi connectivity index (χ0n) is 9.04. The summed E-state index contributed by atoms with van der Waals surface area (Å²) in [5, 5.41) is 3.79. The van der Waals surface area contributed by atoms with Crippen LogP contribution < -0.4 is 10.5 Å². The molecule has 0 unspecified atom stereocenters. The van der Waals surface area contributed by atoms with Gasteiger partial charge in [0, 0.05) is 22.5 Å². The first kappa shape index (κ1) is 12.6. The normalized spacial score (nSPS) is 10.6. The van der Waals surface area contributed by atoms with Gasteiger partial charge in [0.1, 0.15) is 10.8 Å². The zero-order valence-corrected chi connectivity index (χ0v) is 11.4. The Morgan fingerprint density at radius 2 is 2.18 bits per heavy atom. The van der Waals surface area contributed by atoms with E-state index < -0.39 is 0 Å². The van der Waals surface area contributed by atoms with Crippen LogP contribution in [0.4, 0.5) is 0 Å². The van der Waals surface area contributed by atoms with Crippen molar-refractivity contribution in [3.05, 3.63) is 32.6 Å². The number of methoxy groups -OCH3 is 1. The van der Waals surface area contributed by atoms with Gasteiger partial charge < -0.3 is 10.5 Å². The molecule has 0 radical (unpaired) electrons. The number of hydrogen-bond acceptors (Lipinski definition) is 4. The third-order valence-electron chi connectivity index (χ3n) is 2.21. The molecule has 0 aliphatic rings. The third kappa shape index (κ3) is 2.55. The molecule has 0 saturated carbocycles. The molecular formula is C11H10Cl2N2OS. The van der Waals surface area contributed by atoms with Crippen LogP contribution >= 0.6 is 34.5 Å². The van der Waals surface area contributed by atoms with Crippen molar-refractivity contribution < 1.29 is 4.74 Å². The average Bonchev–Trinajstić information content (AvgIpc) is 2.76. The molecule has 0 bridgehead atoms. The van der Waals surface area contributed by atoms with Crippen molar-refractivity contribution >= 4 is 34.5 Å². The number of nitrogens with two attached hydrogens (primary N) is 1. The third-order valence-corrected chi connectivity index (χ3v) is 3.58. The molecule has 0 aliphatic heterocycles. The average molecular weight is 289 g/mol. The Morgan fingerprint density at radius 3 is 2.76 bits per heavy atom. The Bertz CT molecular complexity index is 542. The monoisotopic (exact) mass is 288 g/mol. The molecule has 0 spiro atoms. The summed E-state index contributed by atoms with van der Waals surface area (Å²) in [6.07, 6.45) is 0. The van der Waals surface area contributed by atoms with E-state index in [1.54, 1.807) is 19.2 Å². The van der Waals surface area contributed by atoms with E-state index in [1.807, 2.05) is 5.38 Å². The van der Waals surface area contributed by atoms with E-state index in [2.05, 4.69) is 4.98 Å². The van der Waals surface area contributed by atoms with E-state index >= 15 is 0 Å². The van der Waals surface area contributed by atoms with Crippen LogP contribution in [0.3, 0.4) is 0 Å². The molecule has 1 aromatic heterocycles. The summed E-state index contributed by atoms with van der Waals surface area (Å²) in [5.74, 6) is 0.574. The fourth-order valence-corrected chi connectivity index (χ4v) is 2.73. The Kier molecular flexibility index (Phi) is 3.89. The maximum absolute atomic E-state index is 6.07. The van der Waals surface area contributed by atoms with Crippen LogP contribution in [0.15, 0.2) is 17.5 Å². The summed E-state index contributed by atoms with van der Waals surface area (Å²) in [4.78, 5) is 4.39. The molecule has 2 N–H and O–H groups in total. The summed E-state index contributed by atoms with van der Waals surface area (Å²) >= 11 is 13.5. The van der Waals surface area contributed by atoms with E-state index in [-0.39, 0.29) is 0 Å². The van der Waals surface area contributed by atoms with E-state index in [4.69, 9.17) is 33.7 Å². The van der Waals surface area contributed by atoms with Gasteiger partial charge in [0.2, 0.25) is 0 Å². The van der Waals surface area contributed by atoms with Crippen molar-refractivity contribution in [3.8, 4) is 17.0 Å². The van der Waals surface area contributed by atoms with Crippen molar-refractivity contribution in [1.82, 2.24) is 4.98 Å². The van der Waals surface area contributed by atoms with Gasteiger partial charge >= 0.3 is 0 Å². The lowest BCUT2D eigenvalue weighted by molar-refractivity contribution is 0.416. The molecule has 0 aliphatic carbocycles. The van der Waals surface area contributed by atoms with Gasteiger partial charge in [-0.25, -0.2) is 4.98 Å². The first-order valence-electron chi connectivity index (χ1n) is 4.83. The van der Waals surface area contributed by atoms with Crippen LogP contribution in [0.2, 0.25) is 10.0 Å². The van der Waals surface area contributed by atoms with Crippen molar-refractivity contribution in [2.24, 2.45) is 5.73 Å². The predicted octanol–water partition coefficient (Wildman–Crippen LogP) is 3.58.